The van der Waals surface area contributed by atoms with Gasteiger partial charge < -0.3 is 30.6 Å². The molecule has 3 radical (unpaired) electrons. The van der Waals surface area contributed by atoms with Gasteiger partial charge in [-0.15, -0.1) is 0 Å². The minimum Gasteiger partial charge on any atom is -0.356 e. The van der Waals surface area contributed by atoms with Gasteiger partial charge in [-0.25, -0.2) is 0 Å². The van der Waals surface area contributed by atoms with E-state index in [9.17, 15) is 0 Å². The van der Waals surface area contributed by atoms with Crippen molar-refractivity contribution < 1.29 is 30.6 Å². The zero-order chi connectivity index (χ0) is 7.15. The van der Waals surface area contributed by atoms with E-state index in [0.29, 0.717) is 0 Å². The average molecular weight is 244 g/mol. The first-order valence-electron chi connectivity index (χ1n) is 1.10. The summed E-state index contributed by atoms with van der Waals surface area (Å²) in [6, 6.07) is 0. The molecule has 0 fully saturated rings. The summed E-state index contributed by atoms with van der Waals surface area (Å²) in [4.78, 5) is 16.5. The molecule has 10 heavy (non-hydrogen) atoms. The van der Waals surface area contributed by atoms with Crippen LogP contribution in [0.4, 0.5) is 0 Å². The van der Waals surface area contributed by atoms with E-state index in [2.05, 4.69) is 0 Å². The first-order chi connectivity index (χ1) is 3.46. The van der Waals surface area contributed by atoms with Crippen LogP contribution < -0.4 is 6.15 Å². The summed E-state index contributed by atoms with van der Waals surface area (Å²) < 4.78 is 0. The van der Waals surface area contributed by atoms with E-state index in [1.807, 2.05) is 0 Å². The smallest absolute Gasteiger partial charge is 0.356 e. The van der Waals surface area contributed by atoms with E-state index in [1.165, 1.54) is 0 Å². The van der Waals surface area contributed by atoms with Gasteiger partial charge in [0, 0.05) is 6.15 Å². The van der Waals surface area contributed by atoms with Crippen molar-refractivity contribution >= 4 is 0 Å². The van der Waals surface area contributed by atoms with Crippen LogP contribution in [0.15, 0.2) is 0 Å². The molecule has 0 heterocycles. The summed E-state index contributed by atoms with van der Waals surface area (Å²) >= 11 is 0. The molecule has 0 aliphatic rings. The average Bonchev–Trinajstić information content (AvgIpc) is 1.25. The van der Waals surface area contributed by atoms with Gasteiger partial charge >= 0.3 is 20.4 Å². The SMILES string of the molecule is O=[N+]([O-])[O-].O=[N+]([O-])[O-].[N].[Pd+2]. The van der Waals surface area contributed by atoms with E-state index >= 15 is 0 Å². The Labute approximate surface area is 68.1 Å². The summed E-state index contributed by atoms with van der Waals surface area (Å²) in [5.41, 5.74) is 0. The Morgan fingerprint density at radius 3 is 0.800 bits per heavy atom. The molecule has 0 aromatic carbocycles. The summed E-state index contributed by atoms with van der Waals surface area (Å²) in [6.45, 7) is 0. The molecular formula is N3O6Pd. The molecule has 0 unspecified atom stereocenters. The van der Waals surface area contributed by atoms with Gasteiger partial charge in [-0.1, -0.05) is 0 Å². The van der Waals surface area contributed by atoms with Crippen LogP contribution in [0.5, 0.6) is 0 Å². The third-order valence-corrected chi connectivity index (χ3v) is 0. The Hall–Kier alpha value is -0.978. The zero-order valence-electron chi connectivity index (χ0n) is 4.11. The number of hydrogen-bond donors (Lipinski definition) is 0. The van der Waals surface area contributed by atoms with E-state index in [0.717, 1.165) is 0 Å². The van der Waals surface area contributed by atoms with Gasteiger partial charge in [0.05, 0.1) is 10.2 Å². The van der Waals surface area contributed by atoms with Crippen molar-refractivity contribution in [3.05, 3.63) is 30.6 Å². The van der Waals surface area contributed by atoms with E-state index in [1.54, 1.807) is 0 Å². The Kier molecular flexibility index (Phi) is 36.1. The van der Waals surface area contributed by atoms with Crippen molar-refractivity contribution in [2.75, 3.05) is 0 Å². The Morgan fingerprint density at radius 1 is 0.800 bits per heavy atom. The van der Waals surface area contributed by atoms with Crippen LogP contribution >= 0.6 is 0 Å². The molecule has 0 N–H and O–H groups in total. The molecule has 0 spiro atoms. The molecule has 0 aromatic heterocycles. The van der Waals surface area contributed by atoms with Gasteiger partial charge in [-0.2, -0.15) is 0 Å². The molecule has 10 heteroatoms. The minimum absolute atomic E-state index is 0. The van der Waals surface area contributed by atoms with E-state index in [4.69, 9.17) is 30.6 Å². The Balaban J connectivity index is -0.0000000300. The maximum Gasteiger partial charge on any atom is 2.00 e. The number of nitrogens with zero attached hydrogens (tertiary/aromatic N) is 3. The van der Waals surface area contributed by atoms with Gasteiger partial charge in [-0.05, 0) is 0 Å². The van der Waals surface area contributed by atoms with Gasteiger partial charge in [0.2, 0.25) is 0 Å². The van der Waals surface area contributed by atoms with Crippen LogP contribution in [0.25, 0.3) is 0 Å². The van der Waals surface area contributed by atoms with Crippen LogP contribution in [0.3, 0.4) is 0 Å². The predicted octanol–water partition coefficient (Wildman–Crippen LogP) is -0.961. The van der Waals surface area contributed by atoms with Gasteiger partial charge in [0.15, 0.2) is 0 Å². The van der Waals surface area contributed by atoms with Crippen molar-refractivity contribution in [2.24, 2.45) is 0 Å². The fourth-order valence-electron chi connectivity index (χ4n) is 0. The first-order valence-corrected chi connectivity index (χ1v) is 1.10. The van der Waals surface area contributed by atoms with Crippen molar-refractivity contribution in [1.82, 2.24) is 6.15 Å². The standard InChI is InChI=1S/2NO3.N.Pd/c2*2-1(3)4;;/q2*-1;;+2. The fourth-order valence-corrected chi connectivity index (χ4v) is 0. The van der Waals surface area contributed by atoms with Crippen LogP contribution in [-0.2, 0) is 20.4 Å². The molecular weight excluding hydrogens is 244 g/mol. The van der Waals surface area contributed by atoms with Gasteiger partial charge in [0.25, 0.3) is 0 Å². The second-order valence-electron chi connectivity index (χ2n) is 0.447. The zero-order valence-corrected chi connectivity index (χ0v) is 5.66. The third-order valence-electron chi connectivity index (χ3n) is 0. The third kappa shape index (κ3) is 266. The van der Waals surface area contributed by atoms with Gasteiger partial charge in [-0.3, -0.25) is 0 Å². The number of hydrogen-bond acceptors (Lipinski definition) is 6. The topological polar surface area (TPSA) is 163 Å². The normalized spacial score (nSPS) is 4.80. The van der Waals surface area contributed by atoms with Crippen molar-refractivity contribution in [3.63, 3.8) is 0 Å². The quantitative estimate of drug-likeness (QED) is 0.302. The molecule has 0 aliphatic carbocycles. The molecule has 0 saturated heterocycles. The Morgan fingerprint density at radius 2 is 0.800 bits per heavy atom. The molecule has 0 aliphatic heterocycles. The summed E-state index contributed by atoms with van der Waals surface area (Å²) in [5.74, 6) is 0. The second kappa shape index (κ2) is 15.7. The molecule has 0 aromatic rings. The molecule has 0 bridgehead atoms. The molecule has 9 nitrogen and oxygen atoms in total. The van der Waals surface area contributed by atoms with E-state index < -0.39 is 10.2 Å². The maximum absolute atomic E-state index is 8.25. The van der Waals surface area contributed by atoms with Crippen LogP contribution in [0.1, 0.15) is 0 Å². The minimum atomic E-state index is -1.75. The molecule has 0 saturated carbocycles. The molecule has 0 amide bonds. The summed E-state index contributed by atoms with van der Waals surface area (Å²) in [5, 5.41) is 29.5. The Bertz CT molecular complexity index is 71.0. The van der Waals surface area contributed by atoms with Crippen LogP contribution in [0, 0.1) is 30.6 Å². The molecule has 0 atom stereocenters. The monoisotopic (exact) mass is 244 g/mol. The largest absolute Gasteiger partial charge is 2.00 e. The molecule has 0 rings (SSSR count). The van der Waals surface area contributed by atoms with Crippen molar-refractivity contribution in [3.8, 4) is 0 Å². The van der Waals surface area contributed by atoms with Crippen molar-refractivity contribution in [2.45, 2.75) is 0 Å². The maximum atomic E-state index is 8.25. The predicted molar refractivity (Wildman–Crippen MR) is 22.9 cm³/mol. The fraction of sp³-hybridized carbons (Fsp3) is 0. The molecule has 61 valence electrons. The first kappa shape index (κ1) is 23.0. The number of rotatable bonds is 0. The van der Waals surface area contributed by atoms with Crippen LogP contribution in [-0.4, -0.2) is 10.2 Å². The summed E-state index contributed by atoms with van der Waals surface area (Å²) in [6.07, 6.45) is 0. The van der Waals surface area contributed by atoms with Gasteiger partial charge in [0.1, 0.15) is 0 Å². The second-order valence-corrected chi connectivity index (χ2v) is 0.447. The summed E-state index contributed by atoms with van der Waals surface area (Å²) in [7, 11) is 0. The van der Waals surface area contributed by atoms with Crippen molar-refractivity contribution in [1.29, 1.82) is 0 Å². The van der Waals surface area contributed by atoms with E-state index in [-0.39, 0.29) is 26.6 Å². The van der Waals surface area contributed by atoms with Crippen LogP contribution in [0.2, 0.25) is 0 Å².